The lowest BCUT2D eigenvalue weighted by atomic mass is 10.1. The van der Waals surface area contributed by atoms with Crippen LogP contribution in [0.25, 0.3) is 0 Å². The van der Waals surface area contributed by atoms with Gasteiger partial charge in [0.2, 0.25) is 5.91 Å². The fraction of sp³-hybridized carbons (Fsp3) is 0.350. The van der Waals surface area contributed by atoms with Gasteiger partial charge in [-0.25, -0.2) is 0 Å². The van der Waals surface area contributed by atoms with E-state index in [4.69, 9.17) is 9.47 Å². The van der Waals surface area contributed by atoms with E-state index < -0.39 is 0 Å². The Hall–Kier alpha value is -2.53. The molecule has 0 unspecified atom stereocenters. The molecule has 0 aliphatic rings. The summed E-state index contributed by atoms with van der Waals surface area (Å²) >= 11 is 0. The second-order valence-electron chi connectivity index (χ2n) is 5.79. The van der Waals surface area contributed by atoms with Crippen LogP contribution in [-0.4, -0.2) is 32.3 Å². The lowest BCUT2D eigenvalue weighted by Crippen LogP contribution is -2.22. The summed E-state index contributed by atoms with van der Waals surface area (Å²) in [6, 6.07) is 13.5. The second-order valence-corrected chi connectivity index (χ2v) is 5.79. The summed E-state index contributed by atoms with van der Waals surface area (Å²) in [7, 11) is 0. The van der Waals surface area contributed by atoms with Gasteiger partial charge in [0.15, 0.2) is 0 Å². The Kier molecular flexibility index (Phi) is 7.29. The van der Waals surface area contributed by atoms with Gasteiger partial charge >= 0.3 is 0 Å². The topological polar surface area (TPSA) is 59.6 Å². The Morgan fingerprint density at radius 2 is 1.80 bits per heavy atom. The molecule has 0 aromatic heterocycles. The SMILES string of the molecule is CCOCCOc1ccc(NCC(=O)Nc2ccc(C)cc2C)cc1. The highest BCUT2D eigenvalue weighted by Crippen LogP contribution is 2.17. The zero-order valence-corrected chi connectivity index (χ0v) is 15.1. The normalized spacial score (nSPS) is 10.4. The number of aryl methyl sites for hydroxylation is 2. The molecule has 0 saturated carbocycles. The van der Waals surface area contributed by atoms with Crippen molar-refractivity contribution >= 4 is 17.3 Å². The van der Waals surface area contributed by atoms with E-state index in [0.29, 0.717) is 19.8 Å². The summed E-state index contributed by atoms with van der Waals surface area (Å²) in [5.41, 5.74) is 3.95. The van der Waals surface area contributed by atoms with E-state index in [1.165, 1.54) is 5.56 Å². The number of carbonyl (C=O) groups is 1. The average molecular weight is 342 g/mol. The molecule has 0 aliphatic heterocycles. The average Bonchev–Trinajstić information content (AvgIpc) is 2.60. The number of amides is 1. The highest BCUT2D eigenvalue weighted by molar-refractivity contribution is 5.94. The molecule has 0 spiro atoms. The van der Waals surface area contributed by atoms with Gasteiger partial charge in [-0.3, -0.25) is 4.79 Å². The van der Waals surface area contributed by atoms with Gasteiger partial charge in [-0.15, -0.1) is 0 Å². The van der Waals surface area contributed by atoms with Gasteiger partial charge in [0.1, 0.15) is 12.4 Å². The molecule has 2 aromatic rings. The highest BCUT2D eigenvalue weighted by Gasteiger charge is 2.05. The first kappa shape index (κ1) is 18.8. The van der Waals surface area contributed by atoms with E-state index in [1.54, 1.807) is 0 Å². The van der Waals surface area contributed by atoms with Crippen molar-refractivity contribution in [1.29, 1.82) is 0 Å². The minimum atomic E-state index is -0.0796. The summed E-state index contributed by atoms with van der Waals surface area (Å²) in [6.45, 7) is 7.98. The van der Waals surface area contributed by atoms with Gasteiger partial charge in [-0.05, 0) is 56.7 Å². The monoisotopic (exact) mass is 342 g/mol. The molecule has 134 valence electrons. The number of ether oxygens (including phenoxy) is 2. The molecule has 5 heteroatoms. The van der Waals surface area contributed by atoms with Crippen LogP contribution in [0, 0.1) is 13.8 Å². The van der Waals surface area contributed by atoms with E-state index >= 15 is 0 Å². The number of rotatable bonds is 9. The minimum absolute atomic E-state index is 0.0796. The van der Waals surface area contributed by atoms with Crippen LogP contribution < -0.4 is 15.4 Å². The van der Waals surface area contributed by atoms with Crippen LogP contribution in [0.15, 0.2) is 42.5 Å². The number of anilines is 2. The molecule has 0 aliphatic carbocycles. The molecule has 0 radical (unpaired) electrons. The van der Waals surface area contributed by atoms with Crippen LogP contribution in [0.4, 0.5) is 11.4 Å². The minimum Gasteiger partial charge on any atom is -0.491 e. The zero-order chi connectivity index (χ0) is 18.1. The number of carbonyl (C=O) groups excluding carboxylic acids is 1. The van der Waals surface area contributed by atoms with E-state index in [-0.39, 0.29) is 12.5 Å². The molecule has 0 saturated heterocycles. The van der Waals surface area contributed by atoms with Gasteiger partial charge in [-0.1, -0.05) is 17.7 Å². The van der Waals surface area contributed by atoms with Crippen molar-refractivity contribution in [2.75, 3.05) is 37.0 Å². The molecule has 0 fully saturated rings. The molecule has 2 N–H and O–H groups in total. The lowest BCUT2D eigenvalue weighted by Gasteiger charge is -2.11. The molecule has 0 atom stereocenters. The van der Waals surface area contributed by atoms with Crippen LogP contribution in [0.3, 0.4) is 0 Å². The van der Waals surface area contributed by atoms with Crippen molar-refractivity contribution < 1.29 is 14.3 Å². The Morgan fingerprint density at radius 3 is 2.48 bits per heavy atom. The van der Waals surface area contributed by atoms with Crippen molar-refractivity contribution in [2.45, 2.75) is 20.8 Å². The zero-order valence-electron chi connectivity index (χ0n) is 15.1. The third kappa shape index (κ3) is 6.47. The van der Waals surface area contributed by atoms with E-state index in [9.17, 15) is 4.79 Å². The summed E-state index contributed by atoms with van der Waals surface area (Å²) in [5.74, 6) is 0.703. The van der Waals surface area contributed by atoms with Crippen molar-refractivity contribution in [2.24, 2.45) is 0 Å². The van der Waals surface area contributed by atoms with Crippen molar-refractivity contribution in [1.82, 2.24) is 0 Å². The number of nitrogens with one attached hydrogen (secondary N) is 2. The molecule has 0 heterocycles. The molecular formula is C20H26N2O3. The number of benzene rings is 2. The summed E-state index contributed by atoms with van der Waals surface area (Å²) < 4.78 is 10.8. The third-order valence-corrected chi connectivity index (χ3v) is 3.66. The Morgan fingerprint density at radius 1 is 1.04 bits per heavy atom. The number of hydrogen-bond donors (Lipinski definition) is 2. The van der Waals surface area contributed by atoms with Crippen LogP contribution >= 0.6 is 0 Å². The Bertz CT molecular complexity index is 684. The molecule has 0 bridgehead atoms. The lowest BCUT2D eigenvalue weighted by molar-refractivity contribution is -0.114. The van der Waals surface area contributed by atoms with E-state index in [0.717, 1.165) is 22.7 Å². The van der Waals surface area contributed by atoms with E-state index in [2.05, 4.69) is 10.6 Å². The summed E-state index contributed by atoms with van der Waals surface area (Å²) in [4.78, 5) is 12.1. The maximum atomic E-state index is 12.1. The first-order valence-corrected chi connectivity index (χ1v) is 8.50. The largest absolute Gasteiger partial charge is 0.491 e. The van der Waals surface area contributed by atoms with Crippen LogP contribution in [-0.2, 0) is 9.53 Å². The molecular weight excluding hydrogens is 316 g/mol. The quantitative estimate of drug-likeness (QED) is 0.681. The predicted octanol–water partition coefficient (Wildman–Crippen LogP) is 3.77. The number of hydrogen-bond acceptors (Lipinski definition) is 4. The first-order valence-electron chi connectivity index (χ1n) is 8.50. The van der Waals surface area contributed by atoms with Crippen molar-refractivity contribution in [3.05, 3.63) is 53.6 Å². The van der Waals surface area contributed by atoms with Gasteiger partial charge in [-0.2, -0.15) is 0 Å². The predicted molar refractivity (Wildman–Crippen MR) is 101 cm³/mol. The molecule has 25 heavy (non-hydrogen) atoms. The maximum Gasteiger partial charge on any atom is 0.243 e. The fourth-order valence-corrected chi connectivity index (χ4v) is 2.36. The Balaban J connectivity index is 1.77. The molecule has 1 amide bonds. The summed E-state index contributed by atoms with van der Waals surface area (Å²) in [5, 5.41) is 6.03. The van der Waals surface area contributed by atoms with Gasteiger partial charge in [0.25, 0.3) is 0 Å². The first-order chi connectivity index (χ1) is 12.1. The molecule has 2 rings (SSSR count). The highest BCUT2D eigenvalue weighted by atomic mass is 16.5. The second kappa shape index (κ2) is 9.69. The van der Waals surface area contributed by atoms with E-state index in [1.807, 2.05) is 63.2 Å². The molecule has 2 aromatic carbocycles. The van der Waals surface area contributed by atoms with Gasteiger partial charge in [0.05, 0.1) is 13.2 Å². The van der Waals surface area contributed by atoms with Crippen molar-refractivity contribution in [3.8, 4) is 5.75 Å². The molecule has 5 nitrogen and oxygen atoms in total. The van der Waals surface area contributed by atoms with Gasteiger partial charge in [0, 0.05) is 18.0 Å². The fourth-order valence-electron chi connectivity index (χ4n) is 2.36. The maximum absolute atomic E-state index is 12.1. The van der Waals surface area contributed by atoms with Crippen LogP contribution in [0.1, 0.15) is 18.1 Å². The standard InChI is InChI=1S/C20H26N2O3/c1-4-24-11-12-25-18-8-6-17(7-9-18)21-14-20(23)22-19-10-5-15(2)13-16(19)3/h5-10,13,21H,4,11-12,14H2,1-3H3,(H,22,23). The van der Waals surface area contributed by atoms with Crippen LogP contribution in [0.5, 0.6) is 5.75 Å². The van der Waals surface area contributed by atoms with Crippen molar-refractivity contribution in [3.63, 3.8) is 0 Å². The summed E-state index contributed by atoms with van der Waals surface area (Å²) in [6.07, 6.45) is 0. The smallest absolute Gasteiger partial charge is 0.243 e. The van der Waals surface area contributed by atoms with Gasteiger partial charge < -0.3 is 20.1 Å². The van der Waals surface area contributed by atoms with Crippen LogP contribution in [0.2, 0.25) is 0 Å². The Labute approximate surface area is 149 Å². The third-order valence-electron chi connectivity index (χ3n) is 3.66.